The number of hydrogen-bond acceptors (Lipinski definition) is 3. The van der Waals surface area contributed by atoms with Crippen LogP contribution in [0.5, 0.6) is 0 Å². The minimum atomic E-state index is 0.173. The van der Waals surface area contributed by atoms with Crippen molar-refractivity contribution in [3.8, 4) is 0 Å². The highest BCUT2D eigenvalue weighted by molar-refractivity contribution is 5.73. The second-order valence-electron chi connectivity index (χ2n) is 8.53. The van der Waals surface area contributed by atoms with E-state index in [1.165, 1.54) is 22.3 Å². The normalized spacial score (nSPS) is 18.9. The maximum absolute atomic E-state index is 12.4. The molecule has 0 aliphatic heterocycles. The zero-order valence-electron chi connectivity index (χ0n) is 18.4. The fourth-order valence-electron chi connectivity index (χ4n) is 4.82. The number of hydrogen-bond donors (Lipinski definition) is 2. The Morgan fingerprint density at radius 2 is 1.80 bits per heavy atom. The zero-order valence-corrected chi connectivity index (χ0v) is 18.4. The fraction of sp³-hybridized carbons (Fsp3) is 0.500. The first kappa shape index (κ1) is 22.5. The minimum Gasteiger partial charge on any atom is -0.396 e. The molecule has 162 valence electrons. The summed E-state index contributed by atoms with van der Waals surface area (Å²) in [5, 5.41) is 12.4. The van der Waals surface area contributed by atoms with Crippen LogP contribution in [0.25, 0.3) is 0 Å². The Morgan fingerprint density at radius 3 is 2.43 bits per heavy atom. The SMILES string of the molecule is CNCc1cc(CCCO)ccc1[C@H]1CC[C@H](N(Cc2ccccc2)C(C)=O)CC1. The highest BCUT2D eigenvalue weighted by Gasteiger charge is 2.29. The molecule has 30 heavy (non-hydrogen) atoms. The van der Waals surface area contributed by atoms with Crippen LogP contribution in [0.4, 0.5) is 0 Å². The van der Waals surface area contributed by atoms with Gasteiger partial charge in [-0.25, -0.2) is 0 Å². The predicted octanol–water partition coefficient (Wildman–Crippen LogP) is 4.41. The third-order valence-electron chi connectivity index (χ3n) is 6.38. The van der Waals surface area contributed by atoms with Crippen molar-refractivity contribution >= 4 is 5.91 Å². The number of carbonyl (C=O) groups is 1. The molecule has 0 aromatic heterocycles. The molecule has 3 rings (SSSR count). The van der Waals surface area contributed by atoms with E-state index in [0.29, 0.717) is 18.5 Å². The Bertz CT molecular complexity index is 798. The number of nitrogens with zero attached hydrogens (tertiary/aromatic N) is 1. The van der Waals surface area contributed by atoms with Gasteiger partial charge in [-0.2, -0.15) is 0 Å². The molecule has 0 atom stereocenters. The number of aliphatic hydroxyl groups is 1. The second-order valence-corrected chi connectivity index (χ2v) is 8.53. The van der Waals surface area contributed by atoms with Crippen LogP contribution in [-0.2, 0) is 24.3 Å². The first-order valence-electron chi connectivity index (χ1n) is 11.3. The van der Waals surface area contributed by atoms with E-state index in [4.69, 9.17) is 5.11 Å². The third kappa shape index (κ3) is 5.93. The van der Waals surface area contributed by atoms with Gasteiger partial charge >= 0.3 is 0 Å². The van der Waals surface area contributed by atoms with Gasteiger partial charge in [0.25, 0.3) is 0 Å². The van der Waals surface area contributed by atoms with Crippen molar-refractivity contribution in [3.63, 3.8) is 0 Å². The summed E-state index contributed by atoms with van der Waals surface area (Å²) in [5.41, 5.74) is 5.33. The lowest BCUT2D eigenvalue weighted by Crippen LogP contribution is -2.40. The Kier molecular flexibility index (Phi) is 8.47. The van der Waals surface area contributed by atoms with Gasteiger partial charge in [0.15, 0.2) is 0 Å². The molecule has 2 aromatic carbocycles. The fourth-order valence-corrected chi connectivity index (χ4v) is 4.82. The van der Waals surface area contributed by atoms with Gasteiger partial charge in [-0.15, -0.1) is 0 Å². The average molecular weight is 409 g/mol. The van der Waals surface area contributed by atoms with Crippen LogP contribution in [0.15, 0.2) is 48.5 Å². The summed E-state index contributed by atoms with van der Waals surface area (Å²) in [6, 6.07) is 17.5. The molecule has 2 N–H and O–H groups in total. The van der Waals surface area contributed by atoms with Crippen molar-refractivity contribution in [3.05, 3.63) is 70.8 Å². The van der Waals surface area contributed by atoms with Crippen LogP contribution in [0.2, 0.25) is 0 Å². The summed E-state index contributed by atoms with van der Waals surface area (Å²) >= 11 is 0. The highest BCUT2D eigenvalue weighted by Crippen LogP contribution is 2.37. The molecule has 0 bridgehead atoms. The molecule has 1 fully saturated rings. The van der Waals surface area contributed by atoms with Crippen molar-refractivity contribution in [2.45, 2.75) is 70.5 Å². The molecule has 1 aliphatic rings. The largest absolute Gasteiger partial charge is 0.396 e. The predicted molar refractivity (Wildman–Crippen MR) is 122 cm³/mol. The van der Waals surface area contributed by atoms with Crippen LogP contribution in [-0.4, -0.2) is 35.6 Å². The Labute approximate surface area is 181 Å². The summed E-state index contributed by atoms with van der Waals surface area (Å²) in [6.45, 7) is 3.51. The Balaban J connectivity index is 1.67. The molecule has 0 unspecified atom stereocenters. The topological polar surface area (TPSA) is 52.6 Å². The van der Waals surface area contributed by atoms with Crippen molar-refractivity contribution in [1.29, 1.82) is 0 Å². The molecular formula is C26H36N2O2. The zero-order chi connectivity index (χ0) is 21.3. The van der Waals surface area contributed by atoms with Crippen LogP contribution in [0.1, 0.15) is 67.2 Å². The van der Waals surface area contributed by atoms with Crippen LogP contribution in [0.3, 0.4) is 0 Å². The number of aliphatic hydroxyl groups excluding tert-OH is 1. The third-order valence-corrected chi connectivity index (χ3v) is 6.38. The van der Waals surface area contributed by atoms with E-state index in [2.05, 4.69) is 40.5 Å². The van der Waals surface area contributed by atoms with Crippen molar-refractivity contribution in [2.75, 3.05) is 13.7 Å². The Morgan fingerprint density at radius 1 is 1.07 bits per heavy atom. The number of benzene rings is 2. The summed E-state index contributed by atoms with van der Waals surface area (Å²) in [4.78, 5) is 14.4. The molecule has 0 saturated heterocycles. The van der Waals surface area contributed by atoms with Crippen molar-refractivity contribution in [1.82, 2.24) is 10.2 Å². The quantitative estimate of drug-likeness (QED) is 0.646. The second kappa shape index (κ2) is 11.3. The first-order valence-corrected chi connectivity index (χ1v) is 11.3. The molecule has 4 nitrogen and oxygen atoms in total. The molecular weight excluding hydrogens is 372 g/mol. The van der Waals surface area contributed by atoms with E-state index in [9.17, 15) is 4.79 Å². The number of carbonyl (C=O) groups excluding carboxylic acids is 1. The van der Waals surface area contributed by atoms with Gasteiger partial charge in [-0.1, -0.05) is 48.5 Å². The molecule has 1 amide bonds. The van der Waals surface area contributed by atoms with Gasteiger partial charge in [-0.3, -0.25) is 4.79 Å². The smallest absolute Gasteiger partial charge is 0.219 e. The van der Waals surface area contributed by atoms with Gasteiger partial charge in [0.05, 0.1) is 0 Å². The number of aryl methyl sites for hydroxylation is 1. The van der Waals surface area contributed by atoms with Crippen molar-refractivity contribution < 1.29 is 9.90 Å². The summed E-state index contributed by atoms with van der Waals surface area (Å²) in [7, 11) is 2.00. The minimum absolute atomic E-state index is 0.173. The van der Waals surface area contributed by atoms with E-state index in [1.807, 2.05) is 25.2 Å². The van der Waals surface area contributed by atoms with Gasteiger partial charge in [0.2, 0.25) is 5.91 Å². The molecule has 0 radical (unpaired) electrons. The number of rotatable bonds is 9. The van der Waals surface area contributed by atoms with E-state index in [-0.39, 0.29) is 12.5 Å². The van der Waals surface area contributed by atoms with Gasteiger partial charge < -0.3 is 15.3 Å². The summed E-state index contributed by atoms with van der Waals surface area (Å²) < 4.78 is 0. The lowest BCUT2D eigenvalue weighted by Gasteiger charge is -2.37. The molecule has 2 aromatic rings. The molecule has 0 spiro atoms. The first-order chi connectivity index (χ1) is 14.6. The van der Waals surface area contributed by atoms with E-state index in [1.54, 1.807) is 6.92 Å². The Hall–Kier alpha value is -2.17. The summed E-state index contributed by atoms with van der Waals surface area (Å²) in [6.07, 6.45) is 6.09. The van der Waals surface area contributed by atoms with Crippen LogP contribution >= 0.6 is 0 Å². The van der Waals surface area contributed by atoms with Crippen molar-refractivity contribution in [2.24, 2.45) is 0 Å². The van der Waals surface area contributed by atoms with Crippen LogP contribution in [0, 0.1) is 0 Å². The lowest BCUT2D eigenvalue weighted by atomic mass is 9.79. The molecule has 4 heteroatoms. The number of amides is 1. The van der Waals surface area contributed by atoms with Crippen LogP contribution < -0.4 is 5.32 Å². The maximum Gasteiger partial charge on any atom is 0.219 e. The maximum atomic E-state index is 12.4. The highest BCUT2D eigenvalue weighted by atomic mass is 16.2. The molecule has 0 heterocycles. The van der Waals surface area contributed by atoms with E-state index >= 15 is 0 Å². The van der Waals surface area contributed by atoms with E-state index < -0.39 is 0 Å². The average Bonchev–Trinajstić information content (AvgIpc) is 2.77. The monoisotopic (exact) mass is 408 g/mol. The lowest BCUT2D eigenvalue weighted by molar-refractivity contribution is -0.132. The summed E-state index contributed by atoms with van der Waals surface area (Å²) in [5.74, 6) is 0.730. The molecule has 1 saturated carbocycles. The number of nitrogens with one attached hydrogen (secondary N) is 1. The van der Waals surface area contributed by atoms with Gasteiger partial charge in [-0.05, 0) is 73.7 Å². The standard InChI is InChI=1S/C26H36N2O2/c1-20(30)28(19-22-7-4-3-5-8-22)25-13-11-23(12-14-25)26-15-10-21(9-6-16-29)17-24(26)18-27-2/h3-5,7-8,10,15,17,23,25,27,29H,6,9,11-14,16,18-19H2,1-2H3/t23-,25-. The van der Waals surface area contributed by atoms with Gasteiger partial charge in [0.1, 0.15) is 0 Å². The van der Waals surface area contributed by atoms with Gasteiger partial charge in [0, 0.05) is 32.7 Å². The van der Waals surface area contributed by atoms with E-state index in [0.717, 1.165) is 45.1 Å². The molecule has 1 aliphatic carbocycles.